The van der Waals surface area contributed by atoms with E-state index >= 15 is 0 Å². The molecule has 5 aromatic rings. The quantitative estimate of drug-likeness (QED) is 0.319. The Morgan fingerprint density at radius 3 is 2.11 bits per heavy atom. The fourth-order valence-electron chi connectivity index (χ4n) is 3.13. The predicted octanol–water partition coefficient (Wildman–Crippen LogP) is 7.68. The smallest absolute Gasteiger partial charge is 0.135 e. The molecule has 0 aliphatic rings. The third-order valence-electron chi connectivity index (χ3n) is 4.60. The third-order valence-corrected chi connectivity index (χ3v) is 4.60. The Labute approximate surface area is 165 Å². The second-order valence-electron chi connectivity index (χ2n) is 6.78. The van der Waals surface area contributed by atoms with E-state index < -0.39 is 0 Å². The van der Waals surface area contributed by atoms with Crippen LogP contribution < -0.4 is 4.74 Å². The number of benzene rings is 4. The molecule has 0 amide bonds. The van der Waals surface area contributed by atoms with Crippen molar-refractivity contribution in [2.24, 2.45) is 0 Å². The molecular formula is C26H22O2. The number of hydrogen-bond acceptors (Lipinski definition) is 2. The minimum atomic E-state index is 0.877. The van der Waals surface area contributed by atoms with Crippen molar-refractivity contribution >= 4 is 21.9 Å². The lowest BCUT2D eigenvalue weighted by atomic mass is 10.1. The summed E-state index contributed by atoms with van der Waals surface area (Å²) in [4.78, 5) is 0. The average Bonchev–Trinajstić information content (AvgIpc) is 3.09. The molecule has 0 spiro atoms. The molecule has 0 bridgehead atoms. The minimum Gasteiger partial charge on any atom is -0.457 e. The Kier molecular flexibility index (Phi) is 5.11. The van der Waals surface area contributed by atoms with Gasteiger partial charge in [0.05, 0.1) is 0 Å². The first-order valence-corrected chi connectivity index (χ1v) is 9.37. The van der Waals surface area contributed by atoms with Crippen LogP contribution in [-0.2, 0) is 0 Å². The summed E-state index contributed by atoms with van der Waals surface area (Å²) in [5.74, 6) is 1.79. The Morgan fingerprint density at radius 1 is 0.607 bits per heavy atom. The van der Waals surface area contributed by atoms with E-state index in [9.17, 15) is 0 Å². The number of rotatable bonds is 2. The van der Waals surface area contributed by atoms with Gasteiger partial charge >= 0.3 is 0 Å². The molecule has 4 aromatic carbocycles. The van der Waals surface area contributed by atoms with Crippen LogP contribution in [0.1, 0.15) is 11.1 Å². The van der Waals surface area contributed by atoms with Gasteiger partial charge in [-0.05, 0) is 55.8 Å². The van der Waals surface area contributed by atoms with E-state index in [1.54, 1.807) is 0 Å². The molecule has 1 heterocycles. The van der Waals surface area contributed by atoms with Crippen LogP contribution in [0.4, 0.5) is 0 Å². The molecule has 0 aliphatic heterocycles. The molecular weight excluding hydrogens is 344 g/mol. The molecule has 0 N–H and O–H groups in total. The highest BCUT2D eigenvalue weighted by atomic mass is 16.5. The number of fused-ring (bicyclic) bond motifs is 3. The molecule has 0 unspecified atom stereocenters. The Balaban J connectivity index is 0.000000137. The summed E-state index contributed by atoms with van der Waals surface area (Å²) < 4.78 is 11.4. The summed E-state index contributed by atoms with van der Waals surface area (Å²) in [6.07, 6.45) is 0. The first kappa shape index (κ1) is 17.9. The maximum Gasteiger partial charge on any atom is 0.135 e. The molecule has 0 fully saturated rings. The van der Waals surface area contributed by atoms with E-state index in [4.69, 9.17) is 9.15 Å². The highest BCUT2D eigenvalue weighted by molar-refractivity contribution is 6.04. The van der Waals surface area contributed by atoms with Crippen LogP contribution in [0.3, 0.4) is 0 Å². The van der Waals surface area contributed by atoms with Gasteiger partial charge in [-0.15, -0.1) is 0 Å². The molecule has 1 aromatic heterocycles. The number of aryl methyl sites for hydroxylation is 2. The van der Waals surface area contributed by atoms with E-state index in [0.29, 0.717) is 0 Å². The molecule has 2 heteroatoms. The van der Waals surface area contributed by atoms with Gasteiger partial charge in [-0.25, -0.2) is 0 Å². The van der Waals surface area contributed by atoms with Gasteiger partial charge in [-0.1, -0.05) is 66.2 Å². The van der Waals surface area contributed by atoms with Crippen LogP contribution in [0, 0.1) is 13.8 Å². The van der Waals surface area contributed by atoms with Crippen molar-refractivity contribution in [2.45, 2.75) is 13.8 Å². The van der Waals surface area contributed by atoms with Crippen molar-refractivity contribution in [3.63, 3.8) is 0 Å². The summed E-state index contributed by atoms with van der Waals surface area (Å²) in [7, 11) is 0. The average molecular weight is 366 g/mol. The maximum absolute atomic E-state index is 5.71. The molecule has 0 radical (unpaired) electrons. The van der Waals surface area contributed by atoms with Crippen LogP contribution in [0.25, 0.3) is 21.9 Å². The Hall–Kier alpha value is -3.52. The van der Waals surface area contributed by atoms with Crippen molar-refractivity contribution in [1.82, 2.24) is 0 Å². The summed E-state index contributed by atoms with van der Waals surface area (Å²) in [6.45, 7) is 4.14. The lowest BCUT2D eigenvalue weighted by Crippen LogP contribution is -1.85. The maximum atomic E-state index is 5.71. The van der Waals surface area contributed by atoms with E-state index in [1.807, 2.05) is 85.8 Å². The van der Waals surface area contributed by atoms with Crippen molar-refractivity contribution in [3.05, 3.63) is 108 Å². The molecule has 0 saturated carbocycles. The molecule has 2 nitrogen and oxygen atoms in total. The summed E-state index contributed by atoms with van der Waals surface area (Å²) in [5.41, 5.74) is 4.35. The van der Waals surface area contributed by atoms with Gasteiger partial charge in [0.2, 0.25) is 0 Å². The molecule has 0 atom stereocenters. The highest BCUT2D eigenvalue weighted by Gasteiger charge is 2.04. The topological polar surface area (TPSA) is 22.4 Å². The number of furan rings is 1. The summed E-state index contributed by atoms with van der Waals surface area (Å²) in [6, 6.07) is 32.2. The number of ether oxygens (including phenoxy) is 1. The zero-order valence-corrected chi connectivity index (χ0v) is 16.1. The second-order valence-corrected chi connectivity index (χ2v) is 6.78. The predicted molar refractivity (Wildman–Crippen MR) is 116 cm³/mol. The zero-order chi connectivity index (χ0) is 19.3. The first-order chi connectivity index (χ1) is 13.7. The number of hydrogen-bond donors (Lipinski definition) is 0. The fraction of sp³-hybridized carbons (Fsp3) is 0.0769. The van der Waals surface area contributed by atoms with Crippen molar-refractivity contribution in [1.29, 1.82) is 0 Å². The van der Waals surface area contributed by atoms with E-state index in [2.05, 4.69) is 25.1 Å². The van der Waals surface area contributed by atoms with E-state index in [1.165, 1.54) is 16.3 Å². The van der Waals surface area contributed by atoms with E-state index in [-0.39, 0.29) is 0 Å². The van der Waals surface area contributed by atoms with Crippen LogP contribution in [0.5, 0.6) is 11.5 Å². The van der Waals surface area contributed by atoms with Crippen LogP contribution in [0.2, 0.25) is 0 Å². The van der Waals surface area contributed by atoms with Crippen LogP contribution in [0.15, 0.2) is 101 Å². The van der Waals surface area contributed by atoms with Crippen molar-refractivity contribution < 1.29 is 9.15 Å². The number of para-hydroxylation sites is 3. The van der Waals surface area contributed by atoms with Gasteiger partial charge in [0.25, 0.3) is 0 Å². The fourth-order valence-corrected chi connectivity index (χ4v) is 3.13. The molecule has 0 aliphatic carbocycles. The zero-order valence-electron chi connectivity index (χ0n) is 16.1. The molecule has 138 valence electrons. The van der Waals surface area contributed by atoms with Crippen LogP contribution >= 0.6 is 0 Å². The van der Waals surface area contributed by atoms with Gasteiger partial charge in [0.15, 0.2) is 0 Å². The molecule has 0 saturated heterocycles. The Morgan fingerprint density at radius 2 is 1.29 bits per heavy atom. The third kappa shape index (κ3) is 3.91. The van der Waals surface area contributed by atoms with Crippen molar-refractivity contribution in [3.8, 4) is 11.5 Å². The second kappa shape index (κ2) is 8.01. The normalized spacial score (nSPS) is 10.5. The lowest BCUT2D eigenvalue weighted by molar-refractivity contribution is 0.479. The van der Waals surface area contributed by atoms with E-state index in [0.717, 1.165) is 28.2 Å². The van der Waals surface area contributed by atoms with Gasteiger partial charge < -0.3 is 9.15 Å². The molecule has 5 rings (SSSR count). The SMILES string of the molecule is Cc1ccc2oc3ccccc3c2c1.Cc1ccccc1Oc1ccccc1. The molecule has 28 heavy (non-hydrogen) atoms. The van der Waals surface area contributed by atoms with Gasteiger partial charge in [0, 0.05) is 10.8 Å². The summed E-state index contributed by atoms with van der Waals surface area (Å²) >= 11 is 0. The Bertz CT molecular complexity index is 1200. The van der Waals surface area contributed by atoms with Gasteiger partial charge in [0.1, 0.15) is 22.7 Å². The first-order valence-electron chi connectivity index (χ1n) is 9.37. The van der Waals surface area contributed by atoms with Crippen LogP contribution in [-0.4, -0.2) is 0 Å². The van der Waals surface area contributed by atoms with Crippen molar-refractivity contribution in [2.75, 3.05) is 0 Å². The summed E-state index contributed by atoms with van der Waals surface area (Å²) in [5, 5.41) is 2.41. The largest absolute Gasteiger partial charge is 0.457 e. The highest BCUT2D eigenvalue weighted by Crippen LogP contribution is 2.28. The monoisotopic (exact) mass is 366 g/mol. The van der Waals surface area contributed by atoms with Gasteiger partial charge in [-0.2, -0.15) is 0 Å². The minimum absolute atomic E-state index is 0.877. The standard InChI is InChI=1S/C13H10O.C13H12O/c1-9-6-7-13-11(8-9)10-4-2-3-5-12(10)14-13;1-11-7-5-6-10-13(11)14-12-8-3-2-4-9-12/h2-8H,1H3;2-10H,1H3. The van der Waals surface area contributed by atoms with Gasteiger partial charge in [-0.3, -0.25) is 0 Å². The lowest BCUT2D eigenvalue weighted by Gasteiger charge is -2.07.